The molecule has 0 N–H and O–H groups in total. The van der Waals surface area contributed by atoms with Crippen LogP contribution in [0.5, 0.6) is 23.3 Å². The molecule has 3 aromatic rings. The number of nitrogens with zero attached hydrogens (tertiary/aromatic N) is 2. The van der Waals surface area contributed by atoms with Gasteiger partial charge in [-0.15, -0.1) is 0 Å². The van der Waals surface area contributed by atoms with E-state index >= 15 is 0 Å². The molecule has 0 saturated heterocycles. The van der Waals surface area contributed by atoms with Gasteiger partial charge in [-0.25, -0.2) is 9.97 Å². The molecule has 1 heterocycles. The number of hydrogen-bond acceptors (Lipinski definition) is 4. The van der Waals surface area contributed by atoms with Crippen LogP contribution in [0.15, 0.2) is 60.9 Å². The van der Waals surface area contributed by atoms with E-state index in [1.807, 2.05) is 43.3 Å². The summed E-state index contributed by atoms with van der Waals surface area (Å²) in [5.74, 6) is 2.29. The maximum atomic E-state index is 5.75. The Labute approximate surface area is 123 Å². The SMILES string of the molecule is Cc1ccccc1Oc1cc(Oc2c[c]ccc2)ncn1. The van der Waals surface area contributed by atoms with Gasteiger partial charge in [-0.1, -0.05) is 30.3 Å². The van der Waals surface area contributed by atoms with Crippen LogP contribution in [0, 0.1) is 13.0 Å². The van der Waals surface area contributed by atoms with Crippen LogP contribution < -0.4 is 9.47 Å². The number of ether oxygens (including phenoxy) is 2. The zero-order valence-electron chi connectivity index (χ0n) is 11.5. The Morgan fingerprint density at radius 1 is 0.952 bits per heavy atom. The summed E-state index contributed by atoms with van der Waals surface area (Å²) >= 11 is 0. The van der Waals surface area contributed by atoms with E-state index in [0.717, 1.165) is 11.3 Å². The largest absolute Gasteiger partial charge is 0.439 e. The summed E-state index contributed by atoms with van der Waals surface area (Å²) in [5.41, 5.74) is 1.04. The second kappa shape index (κ2) is 6.05. The van der Waals surface area contributed by atoms with Gasteiger partial charge in [0, 0.05) is 0 Å². The van der Waals surface area contributed by atoms with Crippen LogP contribution in [-0.4, -0.2) is 9.97 Å². The molecule has 0 fully saturated rings. The highest BCUT2D eigenvalue weighted by Crippen LogP contribution is 2.26. The van der Waals surface area contributed by atoms with Gasteiger partial charge in [0.05, 0.1) is 6.07 Å². The van der Waals surface area contributed by atoms with Crippen LogP contribution in [0.2, 0.25) is 0 Å². The molecular formula is C17H13N2O2. The first-order valence-corrected chi connectivity index (χ1v) is 6.51. The lowest BCUT2D eigenvalue weighted by molar-refractivity contribution is 0.432. The van der Waals surface area contributed by atoms with Crippen LogP contribution in [0.25, 0.3) is 0 Å². The fourth-order valence-corrected chi connectivity index (χ4v) is 1.78. The second-order valence-corrected chi connectivity index (χ2v) is 4.40. The molecule has 0 spiro atoms. The van der Waals surface area contributed by atoms with Crippen LogP contribution in [0.1, 0.15) is 5.56 Å². The van der Waals surface area contributed by atoms with Gasteiger partial charge in [0.2, 0.25) is 11.8 Å². The Balaban J connectivity index is 1.79. The summed E-state index contributed by atoms with van der Waals surface area (Å²) in [6.07, 6.45) is 1.41. The van der Waals surface area contributed by atoms with E-state index in [1.54, 1.807) is 18.2 Å². The Bertz CT molecular complexity index is 730. The summed E-state index contributed by atoms with van der Waals surface area (Å²) < 4.78 is 11.4. The van der Waals surface area contributed by atoms with Crippen LogP contribution in [0.4, 0.5) is 0 Å². The maximum absolute atomic E-state index is 5.75. The second-order valence-electron chi connectivity index (χ2n) is 4.40. The van der Waals surface area contributed by atoms with Gasteiger partial charge >= 0.3 is 0 Å². The molecule has 1 aromatic heterocycles. The zero-order valence-corrected chi connectivity index (χ0v) is 11.5. The predicted molar refractivity (Wildman–Crippen MR) is 78.6 cm³/mol. The summed E-state index contributed by atoms with van der Waals surface area (Å²) in [4.78, 5) is 8.17. The van der Waals surface area contributed by atoms with Crippen LogP contribution >= 0.6 is 0 Å². The van der Waals surface area contributed by atoms with Crippen molar-refractivity contribution in [3.8, 4) is 23.3 Å². The number of benzene rings is 2. The lowest BCUT2D eigenvalue weighted by Crippen LogP contribution is -1.93. The highest BCUT2D eigenvalue weighted by Gasteiger charge is 2.05. The van der Waals surface area contributed by atoms with Crippen molar-refractivity contribution in [2.24, 2.45) is 0 Å². The van der Waals surface area contributed by atoms with Crippen molar-refractivity contribution < 1.29 is 9.47 Å². The van der Waals surface area contributed by atoms with Crippen molar-refractivity contribution in [3.05, 3.63) is 72.6 Å². The normalized spacial score (nSPS) is 10.1. The molecule has 0 unspecified atom stereocenters. The third-order valence-corrected chi connectivity index (χ3v) is 2.83. The van der Waals surface area contributed by atoms with E-state index < -0.39 is 0 Å². The molecule has 21 heavy (non-hydrogen) atoms. The molecule has 0 aliphatic rings. The monoisotopic (exact) mass is 277 g/mol. The molecule has 0 aliphatic carbocycles. The number of rotatable bonds is 4. The first kappa shape index (κ1) is 13.1. The highest BCUT2D eigenvalue weighted by atomic mass is 16.5. The lowest BCUT2D eigenvalue weighted by Gasteiger charge is -2.08. The van der Waals surface area contributed by atoms with Crippen molar-refractivity contribution in [1.29, 1.82) is 0 Å². The molecule has 0 aliphatic heterocycles. The van der Waals surface area contributed by atoms with E-state index in [0.29, 0.717) is 17.5 Å². The first-order chi connectivity index (χ1) is 10.3. The number of aryl methyl sites for hydroxylation is 1. The topological polar surface area (TPSA) is 44.2 Å². The van der Waals surface area contributed by atoms with Crippen molar-refractivity contribution in [1.82, 2.24) is 9.97 Å². The quantitative estimate of drug-likeness (QED) is 0.718. The predicted octanol–water partition coefficient (Wildman–Crippen LogP) is 4.17. The molecule has 2 aromatic carbocycles. The van der Waals surface area contributed by atoms with Gasteiger partial charge in [-0.3, -0.25) is 0 Å². The summed E-state index contributed by atoms with van der Waals surface area (Å²) in [7, 11) is 0. The molecule has 3 rings (SSSR count). The van der Waals surface area contributed by atoms with E-state index in [4.69, 9.17) is 9.47 Å². The molecule has 4 nitrogen and oxygen atoms in total. The smallest absolute Gasteiger partial charge is 0.226 e. The highest BCUT2D eigenvalue weighted by molar-refractivity contribution is 5.36. The zero-order chi connectivity index (χ0) is 14.5. The molecule has 0 saturated carbocycles. The van der Waals surface area contributed by atoms with Gasteiger partial charge in [0.15, 0.2) is 0 Å². The van der Waals surface area contributed by atoms with Gasteiger partial charge < -0.3 is 9.47 Å². The minimum absolute atomic E-state index is 0.424. The van der Waals surface area contributed by atoms with Crippen molar-refractivity contribution in [3.63, 3.8) is 0 Å². The average molecular weight is 277 g/mol. The Morgan fingerprint density at radius 2 is 1.76 bits per heavy atom. The Morgan fingerprint density at radius 3 is 2.52 bits per heavy atom. The van der Waals surface area contributed by atoms with Crippen LogP contribution in [0.3, 0.4) is 0 Å². The number of aromatic nitrogens is 2. The molecule has 0 bridgehead atoms. The third kappa shape index (κ3) is 3.36. The molecule has 0 amide bonds. The van der Waals surface area contributed by atoms with Crippen molar-refractivity contribution in [2.45, 2.75) is 6.92 Å². The van der Waals surface area contributed by atoms with E-state index in [2.05, 4.69) is 16.0 Å². The minimum atomic E-state index is 0.424. The molecule has 4 heteroatoms. The summed E-state index contributed by atoms with van der Waals surface area (Å²) in [6, 6.07) is 19.6. The van der Waals surface area contributed by atoms with Crippen molar-refractivity contribution in [2.75, 3.05) is 0 Å². The average Bonchev–Trinajstić information content (AvgIpc) is 2.51. The number of para-hydroxylation sites is 1. The first-order valence-electron chi connectivity index (χ1n) is 6.51. The minimum Gasteiger partial charge on any atom is -0.439 e. The fraction of sp³-hybridized carbons (Fsp3) is 0.0588. The number of hydrogen-bond donors (Lipinski definition) is 0. The standard InChI is InChI=1S/C17H13N2O2/c1-13-7-5-6-10-15(13)21-17-11-16(18-12-19-17)20-14-8-3-2-4-9-14/h2-3,5-12H,1H3. The van der Waals surface area contributed by atoms with Gasteiger partial charge in [0.1, 0.15) is 17.8 Å². The fourth-order valence-electron chi connectivity index (χ4n) is 1.78. The maximum Gasteiger partial charge on any atom is 0.226 e. The van der Waals surface area contributed by atoms with E-state index in [9.17, 15) is 0 Å². The Hall–Kier alpha value is -2.88. The molecule has 1 radical (unpaired) electrons. The Kier molecular flexibility index (Phi) is 3.78. The third-order valence-electron chi connectivity index (χ3n) is 2.83. The summed E-state index contributed by atoms with van der Waals surface area (Å²) in [6.45, 7) is 1.98. The van der Waals surface area contributed by atoms with Gasteiger partial charge in [-0.2, -0.15) is 0 Å². The van der Waals surface area contributed by atoms with Gasteiger partial charge in [-0.05, 0) is 36.8 Å². The van der Waals surface area contributed by atoms with Crippen LogP contribution in [-0.2, 0) is 0 Å². The van der Waals surface area contributed by atoms with Gasteiger partial charge in [0.25, 0.3) is 0 Å². The molecule has 0 atom stereocenters. The lowest BCUT2D eigenvalue weighted by atomic mass is 10.2. The van der Waals surface area contributed by atoms with E-state index in [-0.39, 0.29) is 0 Å². The van der Waals surface area contributed by atoms with E-state index in [1.165, 1.54) is 6.33 Å². The molecule has 103 valence electrons. The van der Waals surface area contributed by atoms with Crippen molar-refractivity contribution >= 4 is 0 Å². The summed E-state index contributed by atoms with van der Waals surface area (Å²) in [5, 5.41) is 0. The molecular weight excluding hydrogens is 264 g/mol.